The number of likely N-dealkylation sites (tertiary alicyclic amines) is 1. The van der Waals surface area contributed by atoms with Crippen molar-refractivity contribution >= 4 is 0 Å². The van der Waals surface area contributed by atoms with Crippen molar-refractivity contribution in [2.24, 2.45) is 0 Å². The number of nitrogens with zero attached hydrogens (tertiary/aromatic N) is 2. The fourth-order valence-corrected chi connectivity index (χ4v) is 2.76. The Kier molecular flexibility index (Phi) is 4.09. The first-order valence-corrected chi connectivity index (χ1v) is 7.33. The normalized spacial score (nSPS) is 22.3. The molecule has 0 amide bonds. The number of benzene rings is 1. The molecule has 1 aromatic rings. The lowest BCUT2D eigenvalue weighted by Crippen LogP contribution is -2.55. The van der Waals surface area contributed by atoms with Crippen LogP contribution in [0.3, 0.4) is 0 Å². The van der Waals surface area contributed by atoms with E-state index in [1.165, 1.54) is 0 Å². The predicted octanol–water partition coefficient (Wildman–Crippen LogP) is 2.14. The van der Waals surface area contributed by atoms with Gasteiger partial charge in [-0.05, 0) is 25.0 Å². The lowest BCUT2D eigenvalue weighted by atomic mass is 9.93. The van der Waals surface area contributed by atoms with Gasteiger partial charge in [-0.3, -0.25) is 4.90 Å². The molecular formula is C16H19FN2O2. The van der Waals surface area contributed by atoms with Gasteiger partial charge in [-0.2, -0.15) is 5.26 Å². The molecule has 0 radical (unpaired) electrons. The van der Waals surface area contributed by atoms with E-state index in [9.17, 15) is 4.39 Å². The Morgan fingerprint density at radius 1 is 1.33 bits per heavy atom. The van der Waals surface area contributed by atoms with Gasteiger partial charge < -0.3 is 9.47 Å². The van der Waals surface area contributed by atoms with Crippen LogP contribution >= 0.6 is 0 Å². The van der Waals surface area contributed by atoms with Gasteiger partial charge in [-0.15, -0.1) is 0 Å². The molecule has 0 aliphatic carbocycles. The molecule has 2 saturated heterocycles. The van der Waals surface area contributed by atoms with Gasteiger partial charge in [0.25, 0.3) is 0 Å². The molecule has 0 spiro atoms. The number of piperidine rings is 1. The van der Waals surface area contributed by atoms with Gasteiger partial charge >= 0.3 is 0 Å². The van der Waals surface area contributed by atoms with Crippen molar-refractivity contribution in [1.29, 1.82) is 5.26 Å². The van der Waals surface area contributed by atoms with Gasteiger partial charge in [0.2, 0.25) is 0 Å². The van der Waals surface area contributed by atoms with Crippen molar-refractivity contribution in [1.82, 2.24) is 4.90 Å². The van der Waals surface area contributed by atoms with Crippen LogP contribution in [0, 0.1) is 11.3 Å². The molecule has 21 heavy (non-hydrogen) atoms. The zero-order valence-corrected chi connectivity index (χ0v) is 11.9. The molecule has 0 unspecified atom stereocenters. The number of halogens is 1. The fraction of sp³-hybridized carbons (Fsp3) is 0.562. The molecule has 112 valence electrons. The smallest absolute Gasteiger partial charge is 0.147 e. The third kappa shape index (κ3) is 3.17. The van der Waals surface area contributed by atoms with Gasteiger partial charge in [0.1, 0.15) is 24.1 Å². The van der Waals surface area contributed by atoms with Gasteiger partial charge in [0.15, 0.2) is 0 Å². The van der Waals surface area contributed by atoms with Gasteiger partial charge in [-0.1, -0.05) is 12.1 Å². The van der Waals surface area contributed by atoms with Gasteiger partial charge in [-0.25, -0.2) is 4.39 Å². The maximum atomic E-state index is 14.8. The van der Waals surface area contributed by atoms with Crippen LogP contribution in [-0.4, -0.2) is 49.5 Å². The molecule has 1 aromatic carbocycles. The number of para-hydroxylation sites is 1. The molecule has 0 atom stereocenters. The Labute approximate surface area is 124 Å². The molecule has 2 aliphatic heterocycles. The highest BCUT2D eigenvalue weighted by atomic mass is 19.1. The molecule has 0 saturated carbocycles. The summed E-state index contributed by atoms with van der Waals surface area (Å²) in [5, 5.41) is 9.01. The highest BCUT2D eigenvalue weighted by Gasteiger charge is 2.38. The first-order chi connectivity index (χ1) is 10.2. The van der Waals surface area contributed by atoms with E-state index < -0.39 is 5.67 Å². The molecule has 0 aromatic heterocycles. The second-order valence-corrected chi connectivity index (χ2v) is 5.77. The van der Waals surface area contributed by atoms with E-state index in [-0.39, 0.29) is 6.61 Å². The van der Waals surface area contributed by atoms with E-state index in [0.717, 1.165) is 26.3 Å². The number of ether oxygens (including phenoxy) is 2. The molecule has 2 fully saturated rings. The SMILES string of the molecule is N#Cc1ccccc1OCC1(F)CCN(C2COC2)CC1. The van der Waals surface area contributed by atoms with Crippen molar-refractivity contribution in [3.63, 3.8) is 0 Å². The zero-order chi connectivity index (χ0) is 14.7. The second-order valence-electron chi connectivity index (χ2n) is 5.77. The lowest BCUT2D eigenvalue weighted by Gasteiger charge is -2.43. The van der Waals surface area contributed by atoms with Crippen LogP contribution in [0.4, 0.5) is 4.39 Å². The monoisotopic (exact) mass is 290 g/mol. The Balaban J connectivity index is 1.54. The minimum atomic E-state index is -1.30. The predicted molar refractivity (Wildman–Crippen MR) is 75.9 cm³/mol. The summed E-state index contributed by atoms with van der Waals surface area (Å²) >= 11 is 0. The summed E-state index contributed by atoms with van der Waals surface area (Å²) in [6, 6.07) is 9.49. The Morgan fingerprint density at radius 2 is 2.05 bits per heavy atom. The Morgan fingerprint density at radius 3 is 2.67 bits per heavy atom. The summed E-state index contributed by atoms with van der Waals surface area (Å²) in [6.45, 7) is 3.04. The van der Waals surface area contributed by atoms with E-state index in [0.29, 0.717) is 30.2 Å². The highest BCUT2D eigenvalue weighted by Crippen LogP contribution is 2.30. The molecular weight excluding hydrogens is 271 g/mol. The average Bonchev–Trinajstić information content (AvgIpc) is 2.46. The number of rotatable bonds is 4. The van der Waals surface area contributed by atoms with Crippen LogP contribution in [-0.2, 0) is 4.74 Å². The standard InChI is InChI=1S/C16H19FN2O2/c17-16(5-7-19(8-6-16)14-10-20-11-14)12-21-15-4-2-1-3-13(15)9-18/h1-4,14H,5-8,10-12H2. The van der Waals surface area contributed by atoms with E-state index in [1.807, 2.05) is 0 Å². The van der Waals surface area contributed by atoms with E-state index in [1.54, 1.807) is 24.3 Å². The van der Waals surface area contributed by atoms with Crippen LogP contribution in [0.2, 0.25) is 0 Å². The van der Waals surface area contributed by atoms with E-state index >= 15 is 0 Å². The quantitative estimate of drug-likeness (QED) is 0.852. The molecule has 2 heterocycles. The van der Waals surface area contributed by atoms with Crippen LogP contribution < -0.4 is 4.74 Å². The number of hydrogen-bond acceptors (Lipinski definition) is 4. The average molecular weight is 290 g/mol. The Hall–Kier alpha value is -1.64. The second kappa shape index (κ2) is 6.00. The maximum absolute atomic E-state index is 14.8. The van der Waals surface area contributed by atoms with E-state index in [2.05, 4.69) is 11.0 Å². The summed E-state index contributed by atoms with van der Waals surface area (Å²) < 4.78 is 25.5. The van der Waals surface area contributed by atoms with Gasteiger partial charge in [0, 0.05) is 13.1 Å². The first kappa shape index (κ1) is 14.3. The zero-order valence-electron chi connectivity index (χ0n) is 11.9. The van der Waals surface area contributed by atoms with Crippen LogP contribution in [0.1, 0.15) is 18.4 Å². The summed E-state index contributed by atoms with van der Waals surface area (Å²) in [7, 11) is 0. The fourth-order valence-electron chi connectivity index (χ4n) is 2.76. The molecule has 0 bridgehead atoms. The van der Waals surface area contributed by atoms with Crippen molar-refractivity contribution in [3.05, 3.63) is 29.8 Å². The minimum Gasteiger partial charge on any atom is -0.489 e. The molecule has 4 nitrogen and oxygen atoms in total. The largest absolute Gasteiger partial charge is 0.489 e. The van der Waals surface area contributed by atoms with Crippen molar-refractivity contribution < 1.29 is 13.9 Å². The van der Waals surface area contributed by atoms with Crippen LogP contribution in [0.25, 0.3) is 0 Å². The molecule has 5 heteroatoms. The van der Waals surface area contributed by atoms with Gasteiger partial charge in [0.05, 0.1) is 24.8 Å². The summed E-state index contributed by atoms with van der Waals surface area (Å²) in [6.07, 6.45) is 0.941. The first-order valence-electron chi connectivity index (χ1n) is 7.33. The summed E-state index contributed by atoms with van der Waals surface area (Å²) in [4.78, 5) is 2.30. The van der Waals surface area contributed by atoms with Crippen LogP contribution in [0.15, 0.2) is 24.3 Å². The Bertz CT molecular complexity index is 531. The molecule has 3 rings (SSSR count). The van der Waals surface area contributed by atoms with E-state index in [4.69, 9.17) is 14.7 Å². The van der Waals surface area contributed by atoms with Crippen molar-refractivity contribution in [2.45, 2.75) is 24.6 Å². The maximum Gasteiger partial charge on any atom is 0.147 e. The lowest BCUT2D eigenvalue weighted by molar-refractivity contribution is -0.0890. The minimum absolute atomic E-state index is 0.0146. The third-order valence-electron chi connectivity index (χ3n) is 4.32. The number of nitriles is 1. The molecule has 0 N–H and O–H groups in total. The molecule has 2 aliphatic rings. The van der Waals surface area contributed by atoms with Crippen molar-refractivity contribution in [2.75, 3.05) is 32.9 Å². The summed E-state index contributed by atoms with van der Waals surface area (Å²) in [5.74, 6) is 0.465. The number of alkyl halides is 1. The van der Waals surface area contributed by atoms with Crippen molar-refractivity contribution in [3.8, 4) is 11.8 Å². The highest BCUT2D eigenvalue weighted by molar-refractivity contribution is 5.42. The number of hydrogen-bond donors (Lipinski definition) is 0. The van der Waals surface area contributed by atoms with Crippen LogP contribution in [0.5, 0.6) is 5.75 Å². The topological polar surface area (TPSA) is 45.5 Å². The third-order valence-corrected chi connectivity index (χ3v) is 4.32. The summed E-state index contributed by atoms with van der Waals surface area (Å²) in [5.41, 5.74) is -0.853.